The van der Waals surface area contributed by atoms with Gasteiger partial charge in [0.05, 0.1) is 0 Å². The number of nitrogens with two attached hydrogens (primary N) is 1. The molecule has 0 aliphatic heterocycles. The average molecular weight is 256 g/mol. The Kier molecular flexibility index (Phi) is 3.69. The van der Waals surface area contributed by atoms with Gasteiger partial charge >= 0.3 is 0 Å². The van der Waals surface area contributed by atoms with Crippen molar-refractivity contribution in [1.29, 1.82) is 0 Å². The molecule has 1 aromatic carbocycles. The van der Waals surface area contributed by atoms with E-state index < -0.39 is 0 Å². The summed E-state index contributed by atoms with van der Waals surface area (Å²) in [7, 11) is 0. The summed E-state index contributed by atoms with van der Waals surface area (Å²) >= 11 is 0. The number of para-hydroxylation sites is 1. The van der Waals surface area contributed by atoms with Gasteiger partial charge in [-0.05, 0) is 24.0 Å². The molecule has 0 amide bonds. The minimum atomic E-state index is 0.171. The Labute approximate surface area is 114 Å². The van der Waals surface area contributed by atoms with Gasteiger partial charge in [0, 0.05) is 17.4 Å². The summed E-state index contributed by atoms with van der Waals surface area (Å²) in [5, 5.41) is 3.17. The molecule has 0 unspecified atom stereocenters. The lowest BCUT2D eigenvalue weighted by Crippen LogP contribution is -2.12. The molecule has 0 bridgehead atoms. The van der Waals surface area contributed by atoms with E-state index in [4.69, 9.17) is 5.73 Å². The van der Waals surface area contributed by atoms with Crippen LogP contribution in [0.15, 0.2) is 36.4 Å². The van der Waals surface area contributed by atoms with Crippen molar-refractivity contribution in [2.45, 2.75) is 27.2 Å². The number of nitrogen functional groups attached to an aromatic ring is 1. The van der Waals surface area contributed by atoms with Crippen LogP contribution in [0.5, 0.6) is 0 Å². The van der Waals surface area contributed by atoms with Gasteiger partial charge in [-0.15, -0.1) is 0 Å². The van der Waals surface area contributed by atoms with Gasteiger partial charge in [-0.3, -0.25) is 0 Å². The minimum Gasteiger partial charge on any atom is -0.384 e. The summed E-state index contributed by atoms with van der Waals surface area (Å²) in [4.78, 5) is 8.73. The van der Waals surface area contributed by atoms with E-state index in [1.54, 1.807) is 0 Å². The fourth-order valence-electron chi connectivity index (χ4n) is 1.86. The van der Waals surface area contributed by atoms with Gasteiger partial charge in [-0.1, -0.05) is 39.0 Å². The maximum absolute atomic E-state index is 5.84. The van der Waals surface area contributed by atoms with Crippen LogP contribution in [0.1, 0.15) is 26.5 Å². The Bertz CT molecular complexity index is 544. The van der Waals surface area contributed by atoms with E-state index >= 15 is 0 Å². The molecule has 2 rings (SSSR count). The van der Waals surface area contributed by atoms with Crippen LogP contribution in [0.25, 0.3) is 0 Å². The van der Waals surface area contributed by atoms with E-state index in [0.29, 0.717) is 11.8 Å². The highest BCUT2D eigenvalue weighted by atomic mass is 15.1. The Balaban J connectivity index is 2.22. The molecule has 3 N–H and O–H groups in total. The highest BCUT2D eigenvalue weighted by Gasteiger charge is 2.13. The van der Waals surface area contributed by atoms with Crippen molar-refractivity contribution in [1.82, 2.24) is 9.97 Å². The predicted molar refractivity (Wildman–Crippen MR) is 79.3 cm³/mol. The Morgan fingerprint density at radius 1 is 1.11 bits per heavy atom. The van der Waals surface area contributed by atoms with Crippen LogP contribution >= 0.6 is 0 Å². The van der Waals surface area contributed by atoms with Crippen molar-refractivity contribution in [3.63, 3.8) is 0 Å². The van der Waals surface area contributed by atoms with Crippen LogP contribution in [-0.4, -0.2) is 9.97 Å². The fraction of sp³-hybridized carbons (Fsp3) is 0.333. The maximum Gasteiger partial charge on any atom is 0.229 e. The number of rotatable bonds is 3. The molecule has 19 heavy (non-hydrogen) atoms. The third-order valence-corrected chi connectivity index (χ3v) is 2.54. The number of hydrogen-bond donors (Lipinski definition) is 2. The van der Waals surface area contributed by atoms with Gasteiger partial charge in [-0.25, -0.2) is 4.98 Å². The first kappa shape index (κ1) is 13.3. The second-order valence-corrected chi connectivity index (χ2v) is 5.84. The molecule has 0 fully saturated rings. The summed E-state index contributed by atoms with van der Waals surface area (Å²) in [5.41, 5.74) is 7.92. The molecule has 2 aromatic rings. The lowest BCUT2D eigenvalue weighted by atomic mass is 9.90. The lowest BCUT2D eigenvalue weighted by Gasteiger charge is -2.18. The molecule has 1 aromatic heterocycles. The van der Waals surface area contributed by atoms with Crippen molar-refractivity contribution >= 4 is 17.5 Å². The van der Waals surface area contributed by atoms with Crippen molar-refractivity contribution in [3.8, 4) is 0 Å². The first-order valence-corrected chi connectivity index (χ1v) is 6.38. The first-order chi connectivity index (χ1) is 8.92. The molecular weight excluding hydrogens is 236 g/mol. The van der Waals surface area contributed by atoms with Crippen LogP contribution in [-0.2, 0) is 6.42 Å². The molecule has 4 nitrogen and oxygen atoms in total. The predicted octanol–water partition coefficient (Wildman–Crippen LogP) is 3.39. The molecule has 0 radical (unpaired) electrons. The zero-order valence-electron chi connectivity index (χ0n) is 11.6. The van der Waals surface area contributed by atoms with Crippen LogP contribution in [0.3, 0.4) is 0 Å². The fourth-order valence-corrected chi connectivity index (χ4v) is 1.86. The molecule has 0 saturated carbocycles. The number of hydrogen-bond acceptors (Lipinski definition) is 4. The van der Waals surface area contributed by atoms with Crippen LogP contribution in [0.2, 0.25) is 0 Å². The number of nitrogens with zero attached hydrogens (tertiary/aromatic N) is 2. The molecule has 1 heterocycles. The Morgan fingerprint density at radius 3 is 2.42 bits per heavy atom. The number of anilines is 3. The van der Waals surface area contributed by atoms with Crippen LogP contribution in [0, 0.1) is 5.41 Å². The summed E-state index contributed by atoms with van der Waals surface area (Å²) in [5.74, 6) is 1.04. The smallest absolute Gasteiger partial charge is 0.229 e. The maximum atomic E-state index is 5.84. The second-order valence-electron chi connectivity index (χ2n) is 5.84. The summed E-state index contributed by atoms with van der Waals surface area (Å²) < 4.78 is 0. The largest absolute Gasteiger partial charge is 0.384 e. The SMILES string of the molecule is CC(C)(C)Cc1cc(N)nc(Nc2ccccc2)n1. The van der Waals surface area contributed by atoms with Crippen molar-refractivity contribution < 1.29 is 0 Å². The molecule has 4 heteroatoms. The van der Waals surface area contributed by atoms with E-state index in [9.17, 15) is 0 Å². The molecule has 100 valence electrons. The Hall–Kier alpha value is -2.10. The van der Waals surface area contributed by atoms with Gasteiger partial charge in [0.15, 0.2) is 0 Å². The molecule has 0 atom stereocenters. The number of nitrogens with one attached hydrogen (secondary N) is 1. The monoisotopic (exact) mass is 256 g/mol. The third kappa shape index (κ3) is 4.25. The second kappa shape index (κ2) is 5.26. The third-order valence-electron chi connectivity index (χ3n) is 2.54. The topological polar surface area (TPSA) is 63.8 Å². The number of aromatic nitrogens is 2. The quantitative estimate of drug-likeness (QED) is 0.883. The Morgan fingerprint density at radius 2 is 1.79 bits per heavy atom. The van der Waals surface area contributed by atoms with Gasteiger partial charge in [0.25, 0.3) is 0 Å². The summed E-state index contributed by atoms with van der Waals surface area (Å²) in [6, 6.07) is 11.7. The van der Waals surface area contributed by atoms with Crippen LogP contribution in [0.4, 0.5) is 17.5 Å². The molecule has 0 aliphatic carbocycles. The van der Waals surface area contributed by atoms with E-state index in [1.165, 1.54) is 0 Å². The van der Waals surface area contributed by atoms with E-state index in [2.05, 4.69) is 36.1 Å². The molecule has 0 spiro atoms. The highest BCUT2D eigenvalue weighted by Crippen LogP contribution is 2.21. The molecule has 0 aliphatic rings. The van der Waals surface area contributed by atoms with E-state index in [0.717, 1.165) is 17.8 Å². The highest BCUT2D eigenvalue weighted by molar-refractivity contribution is 5.54. The van der Waals surface area contributed by atoms with Gasteiger partial charge in [-0.2, -0.15) is 4.98 Å². The van der Waals surface area contributed by atoms with E-state index in [1.807, 2.05) is 36.4 Å². The summed E-state index contributed by atoms with van der Waals surface area (Å²) in [6.45, 7) is 6.53. The van der Waals surface area contributed by atoms with Gasteiger partial charge in [0.1, 0.15) is 5.82 Å². The van der Waals surface area contributed by atoms with Gasteiger partial charge < -0.3 is 11.1 Å². The van der Waals surface area contributed by atoms with Crippen molar-refractivity contribution in [2.75, 3.05) is 11.1 Å². The zero-order chi connectivity index (χ0) is 13.9. The zero-order valence-corrected chi connectivity index (χ0v) is 11.6. The van der Waals surface area contributed by atoms with Gasteiger partial charge in [0.2, 0.25) is 5.95 Å². The summed E-state index contributed by atoms with van der Waals surface area (Å²) in [6.07, 6.45) is 0.864. The molecule has 0 saturated heterocycles. The average Bonchev–Trinajstić information content (AvgIpc) is 2.26. The van der Waals surface area contributed by atoms with E-state index in [-0.39, 0.29) is 5.41 Å². The standard InChI is InChI=1S/C15H20N4/c1-15(2,3)10-12-9-13(16)19-14(18-12)17-11-7-5-4-6-8-11/h4-9H,10H2,1-3H3,(H3,16,17,18,19). The van der Waals surface area contributed by atoms with Crippen molar-refractivity contribution in [3.05, 3.63) is 42.1 Å². The first-order valence-electron chi connectivity index (χ1n) is 6.38. The molecular formula is C15H20N4. The van der Waals surface area contributed by atoms with Crippen molar-refractivity contribution in [2.24, 2.45) is 5.41 Å². The number of benzene rings is 1. The minimum absolute atomic E-state index is 0.171. The van der Waals surface area contributed by atoms with Crippen LogP contribution < -0.4 is 11.1 Å². The lowest BCUT2D eigenvalue weighted by molar-refractivity contribution is 0.406. The normalized spacial score (nSPS) is 11.3.